The lowest BCUT2D eigenvalue weighted by atomic mass is 9.76. The second kappa shape index (κ2) is 10.1. The average Bonchev–Trinajstić information content (AvgIpc) is 3.15. The molecule has 1 aliphatic rings. The van der Waals surface area contributed by atoms with Crippen molar-refractivity contribution in [1.29, 1.82) is 0 Å². The van der Waals surface area contributed by atoms with E-state index in [4.69, 9.17) is 4.74 Å². The first-order chi connectivity index (χ1) is 17.6. The number of aryl methyl sites for hydroxylation is 2. The van der Waals surface area contributed by atoms with Gasteiger partial charge in [-0.1, -0.05) is 33.8 Å². The van der Waals surface area contributed by atoms with Crippen molar-refractivity contribution in [3.05, 3.63) is 89.3 Å². The number of carboxylic acids is 1. The summed E-state index contributed by atoms with van der Waals surface area (Å²) in [6, 6.07) is 7.55. The molecule has 0 spiro atoms. The Morgan fingerprint density at radius 1 is 0.838 bits per heavy atom. The van der Waals surface area contributed by atoms with Gasteiger partial charge in [0.1, 0.15) is 11.5 Å². The molecule has 0 bridgehead atoms. The summed E-state index contributed by atoms with van der Waals surface area (Å²) in [6.07, 6.45) is 2.66. The number of aromatic hydroxyl groups is 2. The topological polar surface area (TPSA) is 104 Å². The third-order valence-corrected chi connectivity index (χ3v) is 8.91. The van der Waals surface area contributed by atoms with Gasteiger partial charge in [-0.3, -0.25) is 0 Å². The zero-order valence-electron chi connectivity index (χ0n) is 21.0. The largest absolute Gasteiger partial charge is 0.507 e. The minimum Gasteiger partial charge on any atom is -0.507 e. The molecule has 0 aromatic heterocycles. The zero-order chi connectivity index (χ0) is 27.2. The first-order valence-corrected chi connectivity index (χ1v) is 13.8. The number of phenolic OH excluding ortho intramolecular Hbond substituents is 2. The third kappa shape index (κ3) is 4.05. The molecule has 0 saturated carbocycles. The maximum absolute atomic E-state index is 13.4. The van der Waals surface area contributed by atoms with Crippen LogP contribution in [0.2, 0.25) is 0 Å². The molecule has 37 heavy (non-hydrogen) atoms. The van der Waals surface area contributed by atoms with E-state index in [-0.39, 0.29) is 33.8 Å². The van der Waals surface area contributed by atoms with E-state index in [0.717, 1.165) is 22.3 Å². The molecule has 0 fully saturated rings. The molecule has 0 aliphatic carbocycles. The van der Waals surface area contributed by atoms with Crippen LogP contribution < -0.4 is 0 Å². The minimum atomic E-state index is -1.75. The molecule has 4 rings (SSSR count). The number of hydrogen-bond donors (Lipinski definition) is 3. The van der Waals surface area contributed by atoms with E-state index >= 15 is 0 Å². The Kier molecular flexibility index (Phi) is 7.45. The van der Waals surface area contributed by atoms with Crippen molar-refractivity contribution in [2.24, 2.45) is 0 Å². The Hall–Kier alpha value is -2.84. The number of hydrogen-bond acceptors (Lipinski definition) is 5. The molecule has 3 N–H and O–H groups in total. The first-order valence-electron chi connectivity index (χ1n) is 12.3. The fraction of sp³-hybridized carbons (Fsp3) is 0.310. The highest BCUT2D eigenvalue weighted by atomic mass is 79.9. The van der Waals surface area contributed by atoms with Gasteiger partial charge in [0.25, 0.3) is 0 Å². The highest BCUT2D eigenvalue weighted by Gasteiger charge is 2.54. The van der Waals surface area contributed by atoms with Gasteiger partial charge in [-0.25, -0.2) is 9.59 Å². The lowest BCUT2D eigenvalue weighted by molar-refractivity contribution is 0.0234. The fourth-order valence-corrected chi connectivity index (χ4v) is 7.46. The summed E-state index contributed by atoms with van der Waals surface area (Å²) < 4.78 is 7.32. The number of phenols is 2. The summed E-state index contributed by atoms with van der Waals surface area (Å²) in [5.74, 6) is -2.13. The number of carbonyl (C=O) groups is 2. The first kappa shape index (κ1) is 27.2. The Labute approximate surface area is 232 Å². The number of halogens is 2. The van der Waals surface area contributed by atoms with Crippen molar-refractivity contribution in [1.82, 2.24) is 0 Å². The molecule has 0 saturated heterocycles. The lowest BCUT2D eigenvalue weighted by Crippen LogP contribution is -2.32. The summed E-state index contributed by atoms with van der Waals surface area (Å²) in [5.41, 5.74) is 2.91. The zero-order valence-corrected chi connectivity index (χ0v) is 24.2. The van der Waals surface area contributed by atoms with Crippen molar-refractivity contribution in [3.8, 4) is 11.5 Å². The number of esters is 1. The van der Waals surface area contributed by atoms with E-state index in [1.807, 2.05) is 27.7 Å². The molecule has 3 aromatic rings. The lowest BCUT2D eigenvalue weighted by Gasteiger charge is -2.35. The van der Waals surface area contributed by atoms with Gasteiger partial charge in [-0.15, -0.1) is 0 Å². The second-order valence-corrected chi connectivity index (χ2v) is 10.6. The molecule has 194 valence electrons. The summed E-state index contributed by atoms with van der Waals surface area (Å²) >= 11 is 7.41. The van der Waals surface area contributed by atoms with Gasteiger partial charge in [0.05, 0.1) is 22.3 Å². The monoisotopic (exact) mass is 630 g/mol. The van der Waals surface area contributed by atoms with Gasteiger partial charge < -0.3 is 20.1 Å². The number of fused-ring (bicyclic) bond motifs is 1. The smallest absolute Gasteiger partial charge is 0.340 e. The molecule has 0 amide bonds. The minimum absolute atomic E-state index is 0.0627. The summed E-state index contributed by atoms with van der Waals surface area (Å²) in [4.78, 5) is 25.1. The van der Waals surface area contributed by atoms with Crippen LogP contribution in [0.4, 0.5) is 0 Å². The number of benzene rings is 3. The number of aromatic carboxylic acids is 1. The van der Waals surface area contributed by atoms with Gasteiger partial charge in [0, 0.05) is 14.5 Å². The molecule has 6 nitrogen and oxygen atoms in total. The summed E-state index contributed by atoms with van der Waals surface area (Å²) in [5, 5.41) is 32.5. The van der Waals surface area contributed by atoms with Crippen molar-refractivity contribution < 1.29 is 29.6 Å². The number of carboxylic acid groups (broad SMARTS) is 1. The third-order valence-electron chi connectivity index (χ3n) is 7.16. The van der Waals surface area contributed by atoms with Crippen LogP contribution in [0.15, 0.2) is 39.3 Å². The number of rotatable bonds is 7. The fourth-order valence-electron chi connectivity index (χ4n) is 5.42. The summed E-state index contributed by atoms with van der Waals surface area (Å²) in [6.45, 7) is 7.99. The van der Waals surface area contributed by atoms with E-state index in [1.54, 1.807) is 12.1 Å². The van der Waals surface area contributed by atoms with Crippen LogP contribution >= 0.6 is 31.9 Å². The highest BCUT2D eigenvalue weighted by molar-refractivity contribution is 9.11. The van der Waals surface area contributed by atoms with Gasteiger partial charge in [0.15, 0.2) is 5.60 Å². The van der Waals surface area contributed by atoms with Crippen LogP contribution in [0.1, 0.15) is 87.4 Å². The molecule has 0 radical (unpaired) electrons. The van der Waals surface area contributed by atoms with Gasteiger partial charge in [0.2, 0.25) is 0 Å². The van der Waals surface area contributed by atoms with Crippen LogP contribution in [0.5, 0.6) is 11.5 Å². The molecular formula is C29H28Br2O6. The van der Waals surface area contributed by atoms with Crippen molar-refractivity contribution in [2.75, 3.05) is 0 Å². The van der Waals surface area contributed by atoms with Crippen LogP contribution in [0, 0.1) is 0 Å². The Balaban J connectivity index is 2.24. The summed E-state index contributed by atoms with van der Waals surface area (Å²) in [7, 11) is 0. The predicted octanol–water partition coefficient (Wildman–Crippen LogP) is 7.03. The standard InChI is InChI=1S/C29H28Br2O6/c1-5-14-12-21(32)23(25(30)17(14)7-3)29(24-22(33)13-15(6-2)18(8-4)26(24)31)20-10-9-16(27(34)35)11-19(20)28(36)37-29/h9-13,32-33H,5-8H2,1-4H3,(H,34,35). The van der Waals surface area contributed by atoms with E-state index in [1.165, 1.54) is 18.2 Å². The molecule has 3 aromatic carbocycles. The van der Waals surface area contributed by atoms with Crippen molar-refractivity contribution >= 4 is 43.8 Å². The van der Waals surface area contributed by atoms with Crippen LogP contribution in [-0.2, 0) is 36.0 Å². The van der Waals surface area contributed by atoms with E-state index < -0.39 is 17.5 Å². The predicted molar refractivity (Wildman–Crippen MR) is 148 cm³/mol. The van der Waals surface area contributed by atoms with Gasteiger partial charge >= 0.3 is 11.9 Å². The van der Waals surface area contributed by atoms with Crippen LogP contribution in [0.3, 0.4) is 0 Å². The Bertz CT molecular complexity index is 1380. The molecule has 8 heteroatoms. The quantitative estimate of drug-likeness (QED) is 0.242. The normalized spacial score (nSPS) is 13.9. The molecule has 1 heterocycles. The van der Waals surface area contributed by atoms with E-state index in [0.29, 0.717) is 40.2 Å². The molecule has 1 aliphatic heterocycles. The SMILES string of the molecule is CCc1cc(O)c(C2(c3c(O)cc(CC)c(CC)c3Br)OC(=O)c3cc(C(=O)O)ccc32)c(Br)c1CC. The number of cyclic esters (lactones) is 1. The van der Waals surface area contributed by atoms with E-state index in [9.17, 15) is 24.9 Å². The van der Waals surface area contributed by atoms with Crippen molar-refractivity contribution in [2.45, 2.75) is 59.0 Å². The molecule has 0 atom stereocenters. The van der Waals surface area contributed by atoms with Gasteiger partial charge in [-0.05, 0) is 104 Å². The van der Waals surface area contributed by atoms with Crippen molar-refractivity contribution in [3.63, 3.8) is 0 Å². The highest BCUT2D eigenvalue weighted by Crippen LogP contribution is 2.57. The average molecular weight is 632 g/mol. The van der Waals surface area contributed by atoms with Gasteiger partial charge in [-0.2, -0.15) is 0 Å². The number of carbonyl (C=O) groups excluding carboxylic acids is 1. The Morgan fingerprint density at radius 2 is 1.32 bits per heavy atom. The van der Waals surface area contributed by atoms with E-state index in [2.05, 4.69) is 31.9 Å². The molecular weight excluding hydrogens is 604 g/mol. The number of ether oxygens (including phenoxy) is 1. The maximum atomic E-state index is 13.4. The maximum Gasteiger partial charge on any atom is 0.340 e. The molecule has 0 unspecified atom stereocenters. The van der Waals surface area contributed by atoms with Crippen LogP contribution in [0.25, 0.3) is 0 Å². The Morgan fingerprint density at radius 3 is 1.73 bits per heavy atom. The van der Waals surface area contributed by atoms with Crippen LogP contribution in [-0.4, -0.2) is 27.3 Å². The second-order valence-electron chi connectivity index (χ2n) is 9.00.